The Hall–Kier alpha value is -2.36. The second-order valence-electron chi connectivity index (χ2n) is 3.79. The minimum atomic E-state index is -1.06. The molecule has 4 heteroatoms. The fourth-order valence-electron chi connectivity index (χ4n) is 1.76. The van der Waals surface area contributed by atoms with Crippen molar-refractivity contribution < 1.29 is 9.90 Å². The number of pyridine rings is 1. The molecule has 0 saturated carbocycles. The molecule has 1 heterocycles. The minimum Gasteiger partial charge on any atom is -0.478 e. The second-order valence-corrected chi connectivity index (χ2v) is 3.79. The summed E-state index contributed by atoms with van der Waals surface area (Å²) in [4.78, 5) is 15.0. The van der Waals surface area contributed by atoms with Gasteiger partial charge in [-0.2, -0.15) is 0 Å². The highest BCUT2D eigenvalue weighted by Gasteiger charge is 2.15. The summed E-state index contributed by atoms with van der Waals surface area (Å²) in [5, 5.41) is 9.16. The van der Waals surface area contributed by atoms with Crippen LogP contribution in [0, 0.1) is 6.92 Å². The van der Waals surface area contributed by atoms with Gasteiger partial charge in [0.1, 0.15) is 11.4 Å². The smallest absolute Gasteiger partial charge is 0.340 e. The normalized spacial score (nSPS) is 10.2. The zero-order valence-electron chi connectivity index (χ0n) is 9.34. The Balaban J connectivity index is 2.67. The predicted octanol–water partition coefficient (Wildman–Crippen LogP) is 2.34. The van der Waals surface area contributed by atoms with Gasteiger partial charge in [0.15, 0.2) is 0 Å². The van der Waals surface area contributed by atoms with Gasteiger partial charge in [-0.3, -0.25) is 0 Å². The van der Waals surface area contributed by atoms with Gasteiger partial charge in [0.2, 0.25) is 0 Å². The third-order valence-electron chi connectivity index (χ3n) is 2.52. The lowest BCUT2D eigenvalue weighted by molar-refractivity contribution is 0.0698. The summed E-state index contributed by atoms with van der Waals surface area (Å²) in [6, 6.07) is 9.27. The molecule has 17 heavy (non-hydrogen) atoms. The Morgan fingerprint density at radius 1 is 1.35 bits per heavy atom. The van der Waals surface area contributed by atoms with Crippen LogP contribution in [0.4, 0.5) is 5.82 Å². The van der Waals surface area contributed by atoms with E-state index < -0.39 is 5.97 Å². The molecule has 0 aliphatic rings. The number of aromatic carboxylic acids is 1. The number of anilines is 1. The number of nitrogens with two attached hydrogens (primary N) is 1. The van der Waals surface area contributed by atoms with Crippen LogP contribution in [0.5, 0.6) is 0 Å². The number of carbonyl (C=O) groups is 1. The van der Waals surface area contributed by atoms with Crippen molar-refractivity contribution in [2.75, 3.05) is 5.73 Å². The van der Waals surface area contributed by atoms with Gasteiger partial charge < -0.3 is 10.8 Å². The van der Waals surface area contributed by atoms with Crippen molar-refractivity contribution >= 4 is 11.8 Å². The van der Waals surface area contributed by atoms with E-state index in [1.54, 1.807) is 6.07 Å². The van der Waals surface area contributed by atoms with E-state index in [0.717, 1.165) is 11.1 Å². The topological polar surface area (TPSA) is 76.2 Å². The van der Waals surface area contributed by atoms with Crippen LogP contribution in [0.25, 0.3) is 11.1 Å². The number of benzene rings is 1. The Kier molecular flexibility index (Phi) is 2.78. The molecule has 0 aliphatic carbocycles. The highest BCUT2D eigenvalue weighted by molar-refractivity contribution is 6.00. The molecule has 0 atom stereocenters. The number of aromatic nitrogens is 1. The summed E-state index contributed by atoms with van der Waals surface area (Å²) < 4.78 is 0. The lowest BCUT2D eigenvalue weighted by Gasteiger charge is -2.08. The first-order valence-electron chi connectivity index (χ1n) is 5.14. The Morgan fingerprint density at radius 3 is 2.76 bits per heavy atom. The molecule has 1 aromatic heterocycles. The third-order valence-corrected chi connectivity index (χ3v) is 2.52. The summed E-state index contributed by atoms with van der Waals surface area (Å²) in [7, 11) is 0. The maximum Gasteiger partial charge on any atom is 0.340 e. The summed E-state index contributed by atoms with van der Waals surface area (Å²) in [5.41, 5.74) is 8.15. The molecule has 4 nitrogen and oxygen atoms in total. The van der Waals surface area contributed by atoms with Crippen LogP contribution in [-0.4, -0.2) is 16.1 Å². The van der Waals surface area contributed by atoms with E-state index in [4.69, 9.17) is 10.8 Å². The van der Waals surface area contributed by atoms with Crippen molar-refractivity contribution in [1.82, 2.24) is 4.98 Å². The van der Waals surface area contributed by atoms with Gasteiger partial charge in [0.25, 0.3) is 0 Å². The van der Waals surface area contributed by atoms with Crippen molar-refractivity contribution in [1.29, 1.82) is 0 Å². The summed E-state index contributed by atoms with van der Waals surface area (Å²) in [5.74, 6) is -1.02. The average molecular weight is 228 g/mol. The Labute approximate surface area is 98.7 Å². The molecular formula is C13H12N2O2. The molecule has 0 amide bonds. The number of carboxylic acid groups (broad SMARTS) is 1. The first kappa shape index (κ1) is 11.1. The van der Waals surface area contributed by atoms with E-state index in [2.05, 4.69) is 4.98 Å². The number of rotatable bonds is 2. The van der Waals surface area contributed by atoms with Crippen LogP contribution >= 0.6 is 0 Å². The Bertz CT molecular complexity index is 579. The van der Waals surface area contributed by atoms with Crippen molar-refractivity contribution in [3.05, 3.63) is 47.7 Å². The first-order chi connectivity index (χ1) is 8.09. The van der Waals surface area contributed by atoms with Gasteiger partial charge in [-0.15, -0.1) is 0 Å². The quantitative estimate of drug-likeness (QED) is 0.827. The molecular weight excluding hydrogens is 216 g/mol. The monoisotopic (exact) mass is 228 g/mol. The van der Waals surface area contributed by atoms with Crippen LogP contribution in [-0.2, 0) is 0 Å². The first-order valence-corrected chi connectivity index (χ1v) is 5.14. The highest BCUT2D eigenvalue weighted by atomic mass is 16.4. The molecule has 3 N–H and O–H groups in total. The molecule has 0 saturated heterocycles. The highest BCUT2D eigenvalue weighted by Crippen LogP contribution is 2.26. The molecule has 0 radical (unpaired) electrons. The van der Waals surface area contributed by atoms with Gasteiger partial charge in [-0.05, 0) is 18.6 Å². The minimum absolute atomic E-state index is 0.0384. The average Bonchev–Trinajstić information content (AvgIpc) is 2.28. The van der Waals surface area contributed by atoms with Gasteiger partial charge in [0.05, 0.1) is 0 Å². The van der Waals surface area contributed by atoms with Crippen LogP contribution in [0.15, 0.2) is 36.5 Å². The van der Waals surface area contributed by atoms with E-state index >= 15 is 0 Å². The summed E-state index contributed by atoms with van der Waals surface area (Å²) in [6.07, 6.45) is 1.51. The van der Waals surface area contributed by atoms with Crippen molar-refractivity contribution in [2.24, 2.45) is 0 Å². The molecule has 2 rings (SSSR count). The van der Waals surface area contributed by atoms with E-state index in [9.17, 15) is 4.79 Å². The fourth-order valence-corrected chi connectivity index (χ4v) is 1.76. The van der Waals surface area contributed by atoms with E-state index in [1.807, 2.05) is 31.2 Å². The van der Waals surface area contributed by atoms with Crippen molar-refractivity contribution in [3.63, 3.8) is 0 Å². The maximum absolute atomic E-state index is 11.2. The fraction of sp³-hybridized carbons (Fsp3) is 0.0769. The van der Waals surface area contributed by atoms with E-state index in [0.29, 0.717) is 5.56 Å². The molecule has 2 aromatic rings. The zero-order chi connectivity index (χ0) is 12.4. The third kappa shape index (κ3) is 2.10. The molecule has 86 valence electrons. The SMILES string of the molecule is Cc1cccc(-c2ccnc(N)c2C(=O)O)c1. The predicted molar refractivity (Wildman–Crippen MR) is 65.8 cm³/mol. The zero-order valence-corrected chi connectivity index (χ0v) is 9.34. The lowest BCUT2D eigenvalue weighted by atomic mass is 9.99. The molecule has 0 aliphatic heterocycles. The number of nitrogen functional groups attached to an aromatic ring is 1. The standard InChI is InChI=1S/C13H12N2O2/c1-8-3-2-4-9(7-8)10-5-6-15-12(14)11(10)13(16)17/h2-7H,1H3,(H2,14,15)(H,16,17). The van der Waals surface area contributed by atoms with E-state index in [1.165, 1.54) is 6.20 Å². The number of hydrogen-bond acceptors (Lipinski definition) is 3. The van der Waals surface area contributed by atoms with Crippen LogP contribution < -0.4 is 5.73 Å². The second kappa shape index (κ2) is 4.25. The lowest BCUT2D eigenvalue weighted by Crippen LogP contribution is -2.06. The molecule has 0 unspecified atom stereocenters. The number of hydrogen-bond donors (Lipinski definition) is 2. The largest absolute Gasteiger partial charge is 0.478 e. The number of aryl methyl sites for hydroxylation is 1. The molecule has 1 aromatic carbocycles. The van der Waals surface area contributed by atoms with Gasteiger partial charge in [0, 0.05) is 11.8 Å². The van der Waals surface area contributed by atoms with Gasteiger partial charge >= 0.3 is 5.97 Å². The van der Waals surface area contributed by atoms with Crippen LogP contribution in [0.3, 0.4) is 0 Å². The Morgan fingerprint density at radius 2 is 2.12 bits per heavy atom. The molecule has 0 spiro atoms. The molecule has 0 fully saturated rings. The van der Waals surface area contributed by atoms with Gasteiger partial charge in [-0.1, -0.05) is 29.8 Å². The van der Waals surface area contributed by atoms with E-state index in [-0.39, 0.29) is 11.4 Å². The summed E-state index contributed by atoms with van der Waals surface area (Å²) in [6.45, 7) is 1.95. The number of carboxylic acids is 1. The van der Waals surface area contributed by atoms with Crippen LogP contribution in [0.1, 0.15) is 15.9 Å². The van der Waals surface area contributed by atoms with Crippen LogP contribution in [0.2, 0.25) is 0 Å². The number of nitrogens with zero attached hydrogens (tertiary/aromatic N) is 1. The maximum atomic E-state index is 11.2. The molecule has 0 bridgehead atoms. The summed E-state index contributed by atoms with van der Waals surface area (Å²) >= 11 is 0. The van der Waals surface area contributed by atoms with Crippen molar-refractivity contribution in [2.45, 2.75) is 6.92 Å². The van der Waals surface area contributed by atoms with Gasteiger partial charge in [-0.25, -0.2) is 9.78 Å². The van der Waals surface area contributed by atoms with Crippen molar-refractivity contribution in [3.8, 4) is 11.1 Å².